The fourth-order valence-corrected chi connectivity index (χ4v) is 6.83. The van der Waals surface area contributed by atoms with Gasteiger partial charge >= 0.3 is 9.28 Å². The Balaban J connectivity index is 2.04. The summed E-state index contributed by atoms with van der Waals surface area (Å²) in [7, 11) is 2.25. The van der Waals surface area contributed by atoms with E-state index in [0.29, 0.717) is 0 Å². The lowest BCUT2D eigenvalue weighted by Crippen LogP contribution is -2.34. The predicted octanol–water partition coefficient (Wildman–Crippen LogP) is 3.35. The number of hydrogen-bond donors (Lipinski definition) is 0. The van der Waals surface area contributed by atoms with Crippen molar-refractivity contribution in [3.8, 4) is 0 Å². The highest BCUT2D eigenvalue weighted by atomic mass is 28.3. The van der Waals surface area contributed by atoms with Crippen LogP contribution < -0.4 is 0 Å². The maximum atomic E-state index is 5.70. The summed E-state index contributed by atoms with van der Waals surface area (Å²) in [6.07, 6.45) is 7.21. The zero-order valence-electron chi connectivity index (χ0n) is 11.8. The molecule has 0 aromatic carbocycles. The number of fused-ring (bicyclic) bond motifs is 2. The molecule has 2 fully saturated rings. The Kier molecular flexibility index (Phi) is 4.67. The quantitative estimate of drug-likeness (QED) is 0.679. The molecule has 0 heterocycles. The van der Waals surface area contributed by atoms with Gasteiger partial charge in [0.1, 0.15) is 0 Å². The minimum Gasteiger partial charge on any atom is -0.400 e. The molecule has 2 aliphatic carbocycles. The second-order valence-corrected chi connectivity index (χ2v) is 9.01. The maximum Gasteiger partial charge on any atom is 0.324 e. The highest BCUT2D eigenvalue weighted by molar-refractivity contribution is 6.46. The summed E-state index contributed by atoms with van der Waals surface area (Å²) in [6, 6.07) is 0. The van der Waals surface area contributed by atoms with E-state index in [1.54, 1.807) is 0 Å². The first-order valence-electron chi connectivity index (χ1n) is 7.21. The molecular weight excluding hydrogens is 228 g/mol. The van der Waals surface area contributed by atoms with Crippen molar-refractivity contribution in [1.82, 2.24) is 0 Å². The zero-order chi connectivity index (χ0) is 12.4. The van der Waals surface area contributed by atoms with Gasteiger partial charge in [0.15, 0.2) is 0 Å². The van der Waals surface area contributed by atoms with Gasteiger partial charge < -0.3 is 8.85 Å². The molecule has 2 rings (SSSR count). The molecule has 0 spiro atoms. The van der Waals surface area contributed by atoms with Crippen molar-refractivity contribution in [3.63, 3.8) is 0 Å². The Morgan fingerprint density at radius 2 is 1.82 bits per heavy atom. The van der Waals surface area contributed by atoms with Crippen LogP contribution >= 0.6 is 0 Å². The molecule has 0 amide bonds. The number of rotatable bonds is 6. The van der Waals surface area contributed by atoms with E-state index in [4.69, 9.17) is 8.85 Å². The van der Waals surface area contributed by atoms with Crippen molar-refractivity contribution < 1.29 is 8.85 Å². The van der Waals surface area contributed by atoms with E-state index in [1.807, 2.05) is 14.2 Å². The van der Waals surface area contributed by atoms with Crippen molar-refractivity contribution >= 4 is 9.28 Å². The van der Waals surface area contributed by atoms with Crippen LogP contribution in [-0.2, 0) is 8.85 Å². The third-order valence-electron chi connectivity index (χ3n) is 4.90. The zero-order valence-corrected chi connectivity index (χ0v) is 13.0. The topological polar surface area (TPSA) is 18.5 Å². The normalized spacial score (nSPS) is 33.9. The SMILES string of the molecule is CO[SiH](OC)C(CC(C)C)C1CC2CCC1C2. The van der Waals surface area contributed by atoms with Crippen molar-refractivity contribution in [2.45, 2.75) is 51.5 Å². The summed E-state index contributed by atoms with van der Waals surface area (Å²) in [5.41, 5.74) is 0.736. The summed E-state index contributed by atoms with van der Waals surface area (Å²) < 4.78 is 11.4. The van der Waals surface area contributed by atoms with Crippen LogP contribution in [0, 0.1) is 23.7 Å². The fourth-order valence-electron chi connectivity index (χ4n) is 4.30. The van der Waals surface area contributed by atoms with Crippen LogP contribution in [0.2, 0.25) is 5.54 Å². The number of hydrogen-bond acceptors (Lipinski definition) is 2. The fraction of sp³-hybridized carbons (Fsp3) is 1.00. The molecule has 17 heavy (non-hydrogen) atoms. The molecular formula is C14H28O2Si. The molecule has 0 saturated heterocycles. The van der Waals surface area contributed by atoms with E-state index >= 15 is 0 Å². The van der Waals surface area contributed by atoms with Gasteiger partial charge in [-0.15, -0.1) is 0 Å². The van der Waals surface area contributed by atoms with Gasteiger partial charge in [-0.1, -0.05) is 20.3 Å². The van der Waals surface area contributed by atoms with Crippen molar-refractivity contribution in [2.24, 2.45) is 23.7 Å². The Morgan fingerprint density at radius 1 is 1.12 bits per heavy atom. The Hall–Kier alpha value is 0.137. The maximum absolute atomic E-state index is 5.70. The van der Waals surface area contributed by atoms with Crippen LogP contribution in [0.3, 0.4) is 0 Å². The first kappa shape index (κ1) is 13.6. The summed E-state index contributed by atoms with van der Waals surface area (Å²) in [5, 5.41) is 0. The molecule has 0 radical (unpaired) electrons. The van der Waals surface area contributed by atoms with Gasteiger partial charge in [-0.05, 0) is 49.4 Å². The smallest absolute Gasteiger partial charge is 0.324 e. The summed E-state index contributed by atoms with van der Waals surface area (Å²) in [4.78, 5) is 0. The van der Waals surface area contributed by atoms with Gasteiger partial charge in [-0.25, -0.2) is 0 Å². The molecule has 2 aliphatic rings. The van der Waals surface area contributed by atoms with E-state index < -0.39 is 9.28 Å². The molecule has 2 bridgehead atoms. The highest BCUT2D eigenvalue weighted by Crippen LogP contribution is 2.54. The standard InChI is InChI=1S/C14H28O2Si/c1-10(2)7-14(17(15-3)16-4)13-9-11-5-6-12(13)8-11/h10-14,17H,5-9H2,1-4H3. The summed E-state index contributed by atoms with van der Waals surface area (Å²) >= 11 is 0. The predicted molar refractivity (Wildman–Crippen MR) is 73.3 cm³/mol. The third kappa shape index (κ3) is 2.94. The van der Waals surface area contributed by atoms with Gasteiger partial charge in [0.25, 0.3) is 0 Å². The monoisotopic (exact) mass is 256 g/mol. The van der Waals surface area contributed by atoms with E-state index in [1.165, 1.54) is 32.1 Å². The van der Waals surface area contributed by atoms with Gasteiger partial charge in [-0.3, -0.25) is 0 Å². The largest absolute Gasteiger partial charge is 0.400 e. The summed E-state index contributed by atoms with van der Waals surface area (Å²) in [6.45, 7) is 4.66. The molecule has 0 aromatic rings. The lowest BCUT2D eigenvalue weighted by atomic mass is 9.83. The Labute approximate surface area is 108 Å². The van der Waals surface area contributed by atoms with Crippen molar-refractivity contribution in [1.29, 1.82) is 0 Å². The Morgan fingerprint density at radius 3 is 2.24 bits per heavy atom. The molecule has 0 aromatic heterocycles. The highest BCUT2D eigenvalue weighted by Gasteiger charge is 2.46. The van der Waals surface area contributed by atoms with E-state index in [2.05, 4.69) is 13.8 Å². The lowest BCUT2D eigenvalue weighted by Gasteiger charge is -2.34. The van der Waals surface area contributed by atoms with Crippen LogP contribution in [0.15, 0.2) is 0 Å². The molecule has 100 valence electrons. The Bertz CT molecular complexity index is 240. The first-order chi connectivity index (χ1) is 8.15. The van der Waals surface area contributed by atoms with Gasteiger partial charge in [0.2, 0.25) is 0 Å². The lowest BCUT2D eigenvalue weighted by molar-refractivity contribution is 0.211. The molecule has 4 unspecified atom stereocenters. The van der Waals surface area contributed by atoms with Crippen molar-refractivity contribution in [2.75, 3.05) is 14.2 Å². The van der Waals surface area contributed by atoms with Crippen LogP contribution in [-0.4, -0.2) is 23.5 Å². The van der Waals surface area contributed by atoms with Crippen LogP contribution in [0.5, 0.6) is 0 Å². The molecule has 0 N–H and O–H groups in total. The van der Waals surface area contributed by atoms with E-state index in [-0.39, 0.29) is 0 Å². The van der Waals surface area contributed by atoms with Crippen LogP contribution in [0.1, 0.15) is 46.0 Å². The molecule has 2 saturated carbocycles. The minimum atomic E-state index is -1.45. The second kappa shape index (κ2) is 5.85. The second-order valence-electron chi connectivity index (χ2n) is 6.47. The van der Waals surface area contributed by atoms with Gasteiger partial charge in [0.05, 0.1) is 0 Å². The minimum absolute atomic E-state index is 0.736. The average molecular weight is 256 g/mol. The first-order valence-corrected chi connectivity index (χ1v) is 8.82. The van der Waals surface area contributed by atoms with Gasteiger partial charge in [-0.2, -0.15) is 0 Å². The summed E-state index contributed by atoms with van der Waals surface area (Å²) in [5.74, 6) is 3.69. The molecule has 4 atom stereocenters. The van der Waals surface area contributed by atoms with Crippen LogP contribution in [0.25, 0.3) is 0 Å². The van der Waals surface area contributed by atoms with Gasteiger partial charge in [0, 0.05) is 19.8 Å². The van der Waals surface area contributed by atoms with E-state index in [9.17, 15) is 0 Å². The van der Waals surface area contributed by atoms with Crippen molar-refractivity contribution in [3.05, 3.63) is 0 Å². The third-order valence-corrected chi connectivity index (χ3v) is 7.30. The van der Waals surface area contributed by atoms with E-state index in [0.717, 1.165) is 29.2 Å². The molecule has 3 heteroatoms. The molecule has 2 nitrogen and oxygen atoms in total. The average Bonchev–Trinajstić information content (AvgIpc) is 2.90. The molecule has 0 aliphatic heterocycles. The van der Waals surface area contributed by atoms with Crippen LogP contribution in [0.4, 0.5) is 0 Å².